The lowest BCUT2D eigenvalue weighted by Gasteiger charge is -2.29. The summed E-state index contributed by atoms with van der Waals surface area (Å²) in [6, 6.07) is 5.51. The third kappa shape index (κ3) is 9.48. The van der Waals surface area contributed by atoms with Crippen LogP contribution in [0.25, 0.3) is 0 Å². The second-order valence-corrected chi connectivity index (χ2v) is 9.15. The Kier molecular flexibility index (Phi) is 10.2. The summed E-state index contributed by atoms with van der Waals surface area (Å²) >= 11 is 0. The monoisotopic (exact) mass is 379 g/mol. The molecule has 0 aliphatic rings. The van der Waals surface area contributed by atoms with E-state index in [1.165, 1.54) is 12.8 Å². The largest absolute Gasteiger partial charge is 0.508 e. The maximum atomic E-state index is 10.3. The topological polar surface area (TPSA) is 75.7 Å². The molecule has 0 fully saturated rings. The van der Waals surface area contributed by atoms with Crippen molar-refractivity contribution in [2.75, 3.05) is 13.2 Å². The van der Waals surface area contributed by atoms with Crippen molar-refractivity contribution in [3.8, 4) is 11.5 Å². The van der Waals surface area contributed by atoms with Gasteiger partial charge in [0.2, 0.25) is 0 Å². The number of phenolic OH excluding ortho intramolecular Hbond substituents is 1. The third-order valence-corrected chi connectivity index (χ3v) is 5.09. The van der Waals surface area contributed by atoms with Crippen molar-refractivity contribution >= 4 is 0 Å². The fourth-order valence-electron chi connectivity index (χ4n) is 3.48. The van der Waals surface area contributed by atoms with E-state index in [9.17, 15) is 10.2 Å². The molecule has 0 amide bonds. The van der Waals surface area contributed by atoms with E-state index in [2.05, 4.69) is 34.6 Å². The van der Waals surface area contributed by atoms with Crippen molar-refractivity contribution in [3.63, 3.8) is 0 Å². The van der Waals surface area contributed by atoms with Crippen LogP contribution in [-0.2, 0) is 6.42 Å². The predicted molar refractivity (Wildman–Crippen MR) is 113 cm³/mol. The van der Waals surface area contributed by atoms with E-state index in [0.717, 1.165) is 24.3 Å². The summed E-state index contributed by atoms with van der Waals surface area (Å²) in [5.74, 6) is 2.62. The van der Waals surface area contributed by atoms with Crippen molar-refractivity contribution < 1.29 is 14.9 Å². The normalized spacial score (nSPS) is 15.1. The van der Waals surface area contributed by atoms with Crippen LogP contribution >= 0.6 is 0 Å². The molecule has 4 N–H and O–H groups in total. The van der Waals surface area contributed by atoms with Crippen LogP contribution in [0.4, 0.5) is 0 Å². The fraction of sp³-hybridized carbons (Fsp3) is 0.739. The second-order valence-electron chi connectivity index (χ2n) is 9.15. The molecule has 1 rings (SSSR count). The average molecular weight is 380 g/mol. The molecule has 0 saturated heterocycles. The van der Waals surface area contributed by atoms with Gasteiger partial charge >= 0.3 is 0 Å². The maximum Gasteiger partial charge on any atom is 0.123 e. The maximum absolute atomic E-state index is 10.3. The van der Waals surface area contributed by atoms with E-state index in [-0.39, 0.29) is 12.4 Å². The number of hydrogen-bond acceptors (Lipinski definition) is 4. The molecule has 0 saturated carbocycles. The first-order valence-corrected chi connectivity index (χ1v) is 10.5. The Hall–Kier alpha value is -1.26. The lowest BCUT2D eigenvalue weighted by molar-refractivity contribution is 0.165. The van der Waals surface area contributed by atoms with E-state index in [1.54, 1.807) is 6.07 Å². The number of benzene rings is 1. The predicted octanol–water partition coefficient (Wildman–Crippen LogP) is 4.90. The highest BCUT2D eigenvalue weighted by molar-refractivity contribution is 5.39. The van der Waals surface area contributed by atoms with Gasteiger partial charge in [0.1, 0.15) is 11.5 Å². The van der Waals surface area contributed by atoms with E-state index < -0.39 is 5.54 Å². The standard InChI is InChI=1S/C23H41NO3/c1-17(2)7-6-8-19(5)15-27-21-10-9-20(22(26)13-21)11-12-23(24,16-25)14-18(3)4/h9-10,13,17-19,25-26H,6-8,11-12,14-16,24H2,1-5H3. The Balaban J connectivity index is 2.51. The van der Waals surface area contributed by atoms with E-state index >= 15 is 0 Å². The van der Waals surface area contributed by atoms with Crippen LogP contribution in [0.5, 0.6) is 11.5 Å². The molecule has 0 heterocycles. The van der Waals surface area contributed by atoms with E-state index in [0.29, 0.717) is 37.0 Å². The van der Waals surface area contributed by atoms with Gasteiger partial charge in [0.05, 0.1) is 13.2 Å². The third-order valence-electron chi connectivity index (χ3n) is 5.09. The Bertz CT molecular complexity index is 544. The van der Waals surface area contributed by atoms with Crippen LogP contribution in [0.15, 0.2) is 18.2 Å². The molecule has 1 aromatic rings. The molecule has 0 spiro atoms. The molecule has 1 aromatic carbocycles. The fourth-order valence-corrected chi connectivity index (χ4v) is 3.48. The Morgan fingerprint density at radius 2 is 1.78 bits per heavy atom. The van der Waals surface area contributed by atoms with Gasteiger partial charge in [0, 0.05) is 11.6 Å². The molecule has 2 atom stereocenters. The Morgan fingerprint density at radius 3 is 2.33 bits per heavy atom. The van der Waals surface area contributed by atoms with Crippen LogP contribution in [0, 0.1) is 17.8 Å². The molecular weight excluding hydrogens is 338 g/mol. The first-order chi connectivity index (χ1) is 12.6. The summed E-state index contributed by atoms with van der Waals surface area (Å²) in [6.07, 6.45) is 5.70. The number of aryl methyl sites for hydroxylation is 1. The molecule has 156 valence electrons. The highest BCUT2D eigenvalue weighted by Crippen LogP contribution is 2.28. The summed E-state index contributed by atoms with van der Waals surface area (Å²) in [7, 11) is 0. The summed E-state index contributed by atoms with van der Waals surface area (Å²) < 4.78 is 5.86. The van der Waals surface area contributed by atoms with Crippen molar-refractivity contribution in [2.45, 2.75) is 78.7 Å². The van der Waals surface area contributed by atoms with E-state index in [4.69, 9.17) is 10.5 Å². The van der Waals surface area contributed by atoms with Crippen molar-refractivity contribution in [2.24, 2.45) is 23.5 Å². The molecule has 4 heteroatoms. The number of rotatable bonds is 13. The average Bonchev–Trinajstić information content (AvgIpc) is 2.58. The minimum absolute atomic E-state index is 0.0398. The Morgan fingerprint density at radius 1 is 1.07 bits per heavy atom. The SMILES string of the molecule is CC(C)CCCC(C)COc1ccc(CCC(N)(CO)CC(C)C)c(O)c1. The van der Waals surface area contributed by atoms with E-state index in [1.807, 2.05) is 12.1 Å². The van der Waals surface area contributed by atoms with Gasteiger partial charge in [-0.15, -0.1) is 0 Å². The van der Waals surface area contributed by atoms with Gasteiger partial charge in [-0.3, -0.25) is 0 Å². The molecular formula is C23H41NO3. The lowest BCUT2D eigenvalue weighted by atomic mass is 9.85. The number of aromatic hydroxyl groups is 1. The molecule has 0 aliphatic heterocycles. The smallest absolute Gasteiger partial charge is 0.123 e. The van der Waals surface area contributed by atoms with Crippen molar-refractivity contribution in [3.05, 3.63) is 23.8 Å². The zero-order valence-electron chi connectivity index (χ0n) is 18.0. The zero-order chi connectivity index (χ0) is 20.4. The summed E-state index contributed by atoms with van der Waals surface area (Å²) in [6.45, 7) is 11.5. The summed E-state index contributed by atoms with van der Waals surface area (Å²) in [5, 5.41) is 20.0. The molecule has 0 aromatic heterocycles. The van der Waals surface area contributed by atoms with Gasteiger partial charge in [-0.2, -0.15) is 0 Å². The quantitative estimate of drug-likeness (QED) is 0.455. The number of phenols is 1. The number of ether oxygens (including phenoxy) is 1. The minimum Gasteiger partial charge on any atom is -0.508 e. The number of aliphatic hydroxyl groups is 1. The van der Waals surface area contributed by atoms with Crippen LogP contribution in [0.3, 0.4) is 0 Å². The van der Waals surface area contributed by atoms with Crippen molar-refractivity contribution in [1.29, 1.82) is 0 Å². The number of hydrogen-bond donors (Lipinski definition) is 3. The molecule has 0 bridgehead atoms. The number of aliphatic hydroxyl groups excluding tert-OH is 1. The van der Waals surface area contributed by atoms with Gasteiger partial charge in [0.15, 0.2) is 0 Å². The Labute approximate surface area is 166 Å². The van der Waals surface area contributed by atoms with Gasteiger partial charge < -0.3 is 20.7 Å². The summed E-state index contributed by atoms with van der Waals surface area (Å²) in [5.41, 5.74) is 6.56. The van der Waals surface area contributed by atoms with Crippen LogP contribution in [0.2, 0.25) is 0 Å². The number of nitrogens with two attached hydrogens (primary N) is 1. The molecule has 0 radical (unpaired) electrons. The van der Waals surface area contributed by atoms with Crippen LogP contribution in [-0.4, -0.2) is 29.0 Å². The van der Waals surface area contributed by atoms with Gasteiger partial charge in [-0.25, -0.2) is 0 Å². The summed E-state index contributed by atoms with van der Waals surface area (Å²) in [4.78, 5) is 0. The first kappa shape index (κ1) is 23.8. The molecule has 27 heavy (non-hydrogen) atoms. The van der Waals surface area contributed by atoms with Gasteiger partial charge in [0.25, 0.3) is 0 Å². The minimum atomic E-state index is -0.596. The molecule has 0 aliphatic carbocycles. The van der Waals surface area contributed by atoms with Crippen LogP contribution in [0.1, 0.15) is 72.3 Å². The van der Waals surface area contributed by atoms with Gasteiger partial charge in [-0.1, -0.05) is 53.5 Å². The zero-order valence-corrected chi connectivity index (χ0v) is 18.0. The van der Waals surface area contributed by atoms with Crippen LogP contribution < -0.4 is 10.5 Å². The molecule has 4 nitrogen and oxygen atoms in total. The molecule has 2 unspecified atom stereocenters. The highest BCUT2D eigenvalue weighted by Gasteiger charge is 2.25. The highest BCUT2D eigenvalue weighted by atomic mass is 16.5. The van der Waals surface area contributed by atoms with Gasteiger partial charge in [-0.05, 0) is 55.1 Å². The first-order valence-electron chi connectivity index (χ1n) is 10.5. The second kappa shape index (κ2) is 11.6. The van der Waals surface area contributed by atoms with Crippen molar-refractivity contribution in [1.82, 2.24) is 0 Å². The lowest BCUT2D eigenvalue weighted by Crippen LogP contribution is -2.45.